The summed E-state index contributed by atoms with van der Waals surface area (Å²) in [6.45, 7) is 4.15. The highest BCUT2D eigenvalue weighted by atomic mass is 35.5. The molecule has 0 aliphatic carbocycles. The molecular formula is C19H17ClO4. The van der Waals surface area contributed by atoms with E-state index in [4.69, 9.17) is 20.8 Å². The standard InChI is InChI=1S/C19H17ClO4/c1-11(2)17-9-12-5-4-6-16(18(12)24-17)23-13-7-8-14(15(20)10-13)19(21)22-3/h4-11H,1-3H3. The minimum absolute atomic E-state index is 0.272. The molecule has 0 saturated heterocycles. The smallest absolute Gasteiger partial charge is 0.339 e. The molecule has 0 saturated carbocycles. The molecule has 0 amide bonds. The molecule has 5 heteroatoms. The van der Waals surface area contributed by atoms with Crippen LogP contribution in [0.1, 0.15) is 35.9 Å². The average Bonchev–Trinajstić information content (AvgIpc) is 3.00. The highest BCUT2D eigenvalue weighted by Gasteiger charge is 2.14. The molecule has 3 aromatic rings. The highest BCUT2D eigenvalue weighted by molar-refractivity contribution is 6.33. The van der Waals surface area contributed by atoms with Gasteiger partial charge in [0.2, 0.25) is 0 Å². The zero-order valence-electron chi connectivity index (χ0n) is 13.6. The lowest BCUT2D eigenvalue weighted by molar-refractivity contribution is 0.0601. The van der Waals surface area contributed by atoms with Crippen LogP contribution in [0.5, 0.6) is 11.5 Å². The molecule has 0 unspecified atom stereocenters. The zero-order chi connectivity index (χ0) is 17.3. The predicted octanol–water partition coefficient (Wildman–Crippen LogP) is 5.79. The van der Waals surface area contributed by atoms with Gasteiger partial charge < -0.3 is 13.9 Å². The molecule has 0 fully saturated rings. The fraction of sp³-hybridized carbons (Fsp3) is 0.211. The predicted molar refractivity (Wildman–Crippen MR) is 93.2 cm³/mol. The lowest BCUT2D eigenvalue weighted by Gasteiger charge is -2.08. The van der Waals surface area contributed by atoms with Gasteiger partial charge in [0.25, 0.3) is 0 Å². The number of carbonyl (C=O) groups is 1. The SMILES string of the molecule is COC(=O)c1ccc(Oc2cccc3cc(C(C)C)oc23)cc1Cl. The number of hydrogen-bond acceptors (Lipinski definition) is 4. The number of hydrogen-bond donors (Lipinski definition) is 0. The van der Waals surface area contributed by atoms with E-state index in [9.17, 15) is 4.79 Å². The Morgan fingerprint density at radius 3 is 2.62 bits per heavy atom. The van der Waals surface area contributed by atoms with E-state index >= 15 is 0 Å². The van der Waals surface area contributed by atoms with Gasteiger partial charge in [-0.05, 0) is 24.3 Å². The van der Waals surface area contributed by atoms with Crippen LogP contribution in [0, 0.1) is 0 Å². The summed E-state index contributed by atoms with van der Waals surface area (Å²) in [4.78, 5) is 11.6. The topological polar surface area (TPSA) is 48.7 Å². The summed E-state index contributed by atoms with van der Waals surface area (Å²) in [6, 6.07) is 12.6. The van der Waals surface area contributed by atoms with E-state index in [1.54, 1.807) is 18.2 Å². The number of rotatable bonds is 4. The third kappa shape index (κ3) is 3.10. The molecular weight excluding hydrogens is 328 g/mol. The number of furan rings is 1. The minimum Gasteiger partial charge on any atom is -0.465 e. The normalized spacial score (nSPS) is 11.0. The van der Waals surface area contributed by atoms with Gasteiger partial charge in [0.1, 0.15) is 11.5 Å². The molecule has 0 aliphatic rings. The first-order valence-corrected chi connectivity index (χ1v) is 7.95. The Labute approximate surface area is 144 Å². The van der Waals surface area contributed by atoms with Crippen LogP contribution in [0.15, 0.2) is 46.9 Å². The van der Waals surface area contributed by atoms with Crippen molar-refractivity contribution in [2.24, 2.45) is 0 Å². The van der Waals surface area contributed by atoms with E-state index in [-0.39, 0.29) is 5.02 Å². The van der Waals surface area contributed by atoms with E-state index in [2.05, 4.69) is 18.6 Å². The van der Waals surface area contributed by atoms with Crippen molar-refractivity contribution in [2.75, 3.05) is 7.11 Å². The maximum atomic E-state index is 11.6. The second-order valence-corrected chi connectivity index (χ2v) is 6.12. The van der Waals surface area contributed by atoms with Crippen LogP contribution in [-0.2, 0) is 4.74 Å². The van der Waals surface area contributed by atoms with Gasteiger partial charge in [-0.2, -0.15) is 0 Å². The summed E-state index contributed by atoms with van der Waals surface area (Å²) in [6.07, 6.45) is 0. The number of carbonyl (C=O) groups excluding carboxylic acids is 1. The third-order valence-electron chi connectivity index (χ3n) is 3.67. The Morgan fingerprint density at radius 1 is 1.17 bits per heavy atom. The third-order valence-corrected chi connectivity index (χ3v) is 3.98. The summed E-state index contributed by atoms with van der Waals surface area (Å²) in [5, 5.41) is 1.25. The van der Waals surface area contributed by atoms with Crippen LogP contribution in [0.2, 0.25) is 5.02 Å². The lowest BCUT2D eigenvalue weighted by atomic mass is 10.1. The van der Waals surface area contributed by atoms with Crippen LogP contribution >= 0.6 is 11.6 Å². The van der Waals surface area contributed by atoms with Crippen molar-refractivity contribution in [1.29, 1.82) is 0 Å². The Hall–Kier alpha value is -2.46. The number of halogens is 1. The maximum absolute atomic E-state index is 11.6. The van der Waals surface area contributed by atoms with Crippen molar-refractivity contribution < 1.29 is 18.7 Å². The van der Waals surface area contributed by atoms with Gasteiger partial charge in [0, 0.05) is 17.4 Å². The quantitative estimate of drug-likeness (QED) is 0.562. The summed E-state index contributed by atoms with van der Waals surface area (Å²) < 4.78 is 16.5. The fourth-order valence-electron chi connectivity index (χ4n) is 2.38. The Morgan fingerprint density at radius 2 is 1.96 bits per heavy atom. The molecule has 1 aromatic heterocycles. The lowest BCUT2D eigenvalue weighted by Crippen LogP contribution is -2.01. The first kappa shape index (κ1) is 16.4. The molecule has 0 N–H and O–H groups in total. The average molecular weight is 345 g/mol. The van der Waals surface area contributed by atoms with Gasteiger partial charge in [-0.15, -0.1) is 0 Å². The number of para-hydroxylation sites is 1. The van der Waals surface area contributed by atoms with Crippen molar-refractivity contribution in [2.45, 2.75) is 19.8 Å². The molecule has 3 rings (SSSR count). The number of esters is 1. The van der Waals surface area contributed by atoms with Crippen LogP contribution in [0.3, 0.4) is 0 Å². The summed E-state index contributed by atoms with van der Waals surface area (Å²) in [7, 11) is 1.31. The second-order valence-electron chi connectivity index (χ2n) is 5.71. The largest absolute Gasteiger partial charge is 0.465 e. The van der Waals surface area contributed by atoms with Gasteiger partial charge in [-0.1, -0.05) is 37.6 Å². The summed E-state index contributed by atoms with van der Waals surface area (Å²) in [5.41, 5.74) is 0.985. The molecule has 124 valence electrons. The minimum atomic E-state index is -0.485. The summed E-state index contributed by atoms with van der Waals surface area (Å²) in [5.74, 6) is 1.82. The second kappa shape index (κ2) is 6.57. The van der Waals surface area contributed by atoms with Crippen LogP contribution in [0.25, 0.3) is 11.0 Å². The van der Waals surface area contributed by atoms with Gasteiger partial charge in [0.15, 0.2) is 11.3 Å². The fourth-order valence-corrected chi connectivity index (χ4v) is 2.63. The molecule has 0 atom stereocenters. The van der Waals surface area contributed by atoms with Gasteiger partial charge in [0.05, 0.1) is 17.7 Å². The molecule has 0 radical (unpaired) electrons. The molecule has 0 bridgehead atoms. The molecule has 4 nitrogen and oxygen atoms in total. The van der Waals surface area contributed by atoms with Crippen LogP contribution in [-0.4, -0.2) is 13.1 Å². The monoisotopic (exact) mass is 344 g/mol. The number of methoxy groups -OCH3 is 1. The molecule has 0 aliphatic heterocycles. The number of benzene rings is 2. The van der Waals surface area contributed by atoms with Gasteiger partial charge in [-0.3, -0.25) is 0 Å². The highest BCUT2D eigenvalue weighted by Crippen LogP contribution is 2.35. The van der Waals surface area contributed by atoms with Crippen molar-refractivity contribution in [3.05, 3.63) is 58.8 Å². The molecule has 24 heavy (non-hydrogen) atoms. The number of ether oxygens (including phenoxy) is 2. The number of fused-ring (bicyclic) bond motifs is 1. The molecule has 1 heterocycles. The van der Waals surface area contributed by atoms with E-state index in [0.29, 0.717) is 28.6 Å². The Balaban J connectivity index is 1.95. The first-order chi connectivity index (χ1) is 11.5. The Kier molecular flexibility index (Phi) is 4.49. The van der Waals surface area contributed by atoms with Crippen LogP contribution < -0.4 is 4.74 Å². The summed E-state index contributed by atoms with van der Waals surface area (Å²) >= 11 is 6.13. The Bertz CT molecular complexity index is 896. The maximum Gasteiger partial charge on any atom is 0.339 e. The molecule has 0 spiro atoms. The van der Waals surface area contributed by atoms with Crippen molar-refractivity contribution >= 4 is 28.5 Å². The van der Waals surface area contributed by atoms with Crippen LogP contribution in [0.4, 0.5) is 0 Å². The zero-order valence-corrected chi connectivity index (χ0v) is 14.4. The van der Waals surface area contributed by atoms with Gasteiger partial charge >= 0.3 is 5.97 Å². The molecule has 2 aromatic carbocycles. The van der Waals surface area contributed by atoms with Crippen molar-refractivity contribution in [1.82, 2.24) is 0 Å². The van der Waals surface area contributed by atoms with Gasteiger partial charge in [-0.25, -0.2) is 4.79 Å². The van der Waals surface area contributed by atoms with E-state index in [1.165, 1.54) is 7.11 Å². The van der Waals surface area contributed by atoms with E-state index in [0.717, 1.165) is 11.1 Å². The first-order valence-electron chi connectivity index (χ1n) is 7.57. The van der Waals surface area contributed by atoms with Crippen molar-refractivity contribution in [3.63, 3.8) is 0 Å². The van der Waals surface area contributed by atoms with Crippen molar-refractivity contribution in [3.8, 4) is 11.5 Å². The van der Waals surface area contributed by atoms with E-state index in [1.807, 2.05) is 24.3 Å². The van der Waals surface area contributed by atoms with E-state index < -0.39 is 5.97 Å².